The molecular formula is C18H34N2O2. The first-order chi connectivity index (χ1) is 10.3. The zero-order chi connectivity index (χ0) is 16.6. The molecule has 4 heteroatoms. The maximum atomic E-state index is 12.3. The van der Waals surface area contributed by atoms with Crippen LogP contribution in [0.25, 0.3) is 0 Å². The van der Waals surface area contributed by atoms with Crippen LogP contribution in [0.4, 0.5) is 0 Å². The Labute approximate surface area is 136 Å². The highest BCUT2D eigenvalue weighted by Gasteiger charge is 2.20. The van der Waals surface area contributed by atoms with Gasteiger partial charge in [0.25, 0.3) is 0 Å². The number of carbonyl (C=O) groups excluding carboxylic acids is 2. The summed E-state index contributed by atoms with van der Waals surface area (Å²) < 4.78 is 0. The van der Waals surface area contributed by atoms with E-state index in [1.165, 1.54) is 32.1 Å². The molecule has 0 aromatic carbocycles. The van der Waals surface area contributed by atoms with E-state index in [0.29, 0.717) is 13.0 Å². The zero-order valence-electron chi connectivity index (χ0n) is 14.9. The molecule has 0 unspecified atom stereocenters. The van der Waals surface area contributed by atoms with Crippen LogP contribution in [0.5, 0.6) is 0 Å². The summed E-state index contributed by atoms with van der Waals surface area (Å²) in [6, 6.07) is 0. The number of likely N-dealkylation sites (N-methyl/N-ethyl adjacent to an activating group) is 1. The molecule has 0 bridgehead atoms. The fourth-order valence-corrected chi connectivity index (χ4v) is 3.18. The van der Waals surface area contributed by atoms with Gasteiger partial charge in [-0.15, -0.1) is 0 Å². The van der Waals surface area contributed by atoms with E-state index in [0.717, 1.165) is 18.8 Å². The van der Waals surface area contributed by atoms with Gasteiger partial charge in [0.15, 0.2) is 0 Å². The molecule has 0 aromatic heterocycles. The summed E-state index contributed by atoms with van der Waals surface area (Å²) in [5, 5.41) is 2.91. The number of nitrogens with one attached hydrogen (secondary N) is 1. The number of amides is 2. The minimum absolute atomic E-state index is 0.0741. The van der Waals surface area contributed by atoms with Crippen molar-refractivity contribution in [3.05, 3.63) is 0 Å². The molecule has 0 saturated heterocycles. The van der Waals surface area contributed by atoms with E-state index in [1.54, 1.807) is 4.90 Å². The van der Waals surface area contributed by atoms with Crippen LogP contribution in [0.2, 0.25) is 0 Å². The van der Waals surface area contributed by atoms with Crippen molar-refractivity contribution < 1.29 is 9.59 Å². The predicted molar refractivity (Wildman–Crippen MR) is 90.6 cm³/mol. The van der Waals surface area contributed by atoms with Gasteiger partial charge >= 0.3 is 0 Å². The predicted octanol–water partition coefficient (Wildman–Crippen LogP) is 3.50. The summed E-state index contributed by atoms with van der Waals surface area (Å²) in [6.07, 6.45) is 9.45. The van der Waals surface area contributed by atoms with E-state index >= 15 is 0 Å². The van der Waals surface area contributed by atoms with E-state index < -0.39 is 0 Å². The normalized spacial score (nSPS) is 16.4. The Kier molecular flexibility index (Phi) is 7.91. The highest BCUT2D eigenvalue weighted by atomic mass is 16.2. The van der Waals surface area contributed by atoms with Crippen molar-refractivity contribution in [2.24, 2.45) is 5.92 Å². The first-order valence-electron chi connectivity index (χ1n) is 8.90. The monoisotopic (exact) mass is 310 g/mol. The van der Waals surface area contributed by atoms with E-state index in [-0.39, 0.29) is 23.9 Å². The smallest absolute Gasteiger partial charge is 0.240 e. The second-order valence-corrected chi connectivity index (χ2v) is 7.60. The van der Waals surface area contributed by atoms with E-state index in [4.69, 9.17) is 0 Å². The van der Waals surface area contributed by atoms with Crippen molar-refractivity contribution in [2.75, 3.05) is 13.1 Å². The largest absolute Gasteiger partial charge is 0.350 e. The third kappa shape index (κ3) is 7.81. The molecule has 1 aliphatic rings. The average molecular weight is 310 g/mol. The Morgan fingerprint density at radius 2 is 1.77 bits per heavy atom. The first-order valence-corrected chi connectivity index (χ1v) is 8.90. The summed E-state index contributed by atoms with van der Waals surface area (Å²) in [4.78, 5) is 25.9. The molecule has 4 nitrogen and oxygen atoms in total. The van der Waals surface area contributed by atoms with Crippen LogP contribution in [0.3, 0.4) is 0 Å². The van der Waals surface area contributed by atoms with Gasteiger partial charge in [-0.2, -0.15) is 0 Å². The minimum atomic E-state index is -0.249. The summed E-state index contributed by atoms with van der Waals surface area (Å²) in [7, 11) is 0. The number of carbonyl (C=O) groups is 2. The Bertz CT molecular complexity index is 355. The third-order valence-electron chi connectivity index (χ3n) is 4.31. The lowest BCUT2D eigenvalue weighted by molar-refractivity contribution is -0.136. The maximum absolute atomic E-state index is 12.3. The van der Waals surface area contributed by atoms with Crippen molar-refractivity contribution >= 4 is 11.8 Å². The van der Waals surface area contributed by atoms with Gasteiger partial charge in [-0.25, -0.2) is 0 Å². The zero-order valence-corrected chi connectivity index (χ0v) is 14.9. The summed E-state index contributed by atoms with van der Waals surface area (Å²) in [5.41, 5.74) is -0.249. The van der Waals surface area contributed by atoms with Crippen molar-refractivity contribution in [1.82, 2.24) is 10.2 Å². The molecular weight excluding hydrogens is 276 g/mol. The Balaban J connectivity index is 2.29. The number of rotatable bonds is 7. The minimum Gasteiger partial charge on any atom is -0.350 e. The Hall–Kier alpha value is -1.06. The van der Waals surface area contributed by atoms with Gasteiger partial charge in [0.2, 0.25) is 11.8 Å². The molecule has 0 atom stereocenters. The maximum Gasteiger partial charge on any atom is 0.240 e. The molecule has 1 aliphatic carbocycles. The highest BCUT2D eigenvalue weighted by molar-refractivity contribution is 5.85. The van der Waals surface area contributed by atoms with Crippen molar-refractivity contribution in [2.45, 2.75) is 84.6 Å². The SMILES string of the molecule is CCN(CC(=O)NC(C)(C)C)C(=O)CCCC1CCCCC1. The van der Waals surface area contributed by atoms with Crippen molar-refractivity contribution in [1.29, 1.82) is 0 Å². The van der Waals surface area contributed by atoms with Crippen LogP contribution in [-0.2, 0) is 9.59 Å². The molecule has 1 fully saturated rings. The number of nitrogens with zero attached hydrogens (tertiary/aromatic N) is 1. The van der Waals surface area contributed by atoms with Crippen LogP contribution in [0.1, 0.15) is 79.1 Å². The molecule has 1 rings (SSSR count). The second-order valence-electron chi connectivity index (χ2n) is 7.60. The molecule has 1 N–H and O–H groups in total. The van der Waals surface area contributed by atoms with Crippen molar-refractivity contribution in [3.8, 4) is 0 Å². The Morgan fingerprint density at radius 3 is 2.32 bits per heavy atom. The fourth-order valence-electron chi connectivity index (χ4n) is 3.18. The van der Waals surface area contributed by atoms with Crippen LogP contribution in [0.15, 0.2) is 0 Å². The molecule has 0 heterocycles. The summed E-state index contributed by atoms with van der Waals surface area (Å²) >= 11 is 0. The van der Waals surface area contributed by atoms with E-state index in [9.17, 15) is 9.59 Å². The average Bonchev–Trinajstić information content (AvgIpc) is 2.44. The van der Waals surface area contributed by atoms with Gasteiger partial charge in [0.05, 0.1) is 6.54 Å². The lowest BCUT2D eigenvalue weighted by Crippen LogP contribution is -2.47. The molecule has 0 radical (unpaired) electrons. The molecule has 128 valence electrons. The standard InChI is InChI=1S/C18H34N2O2/c1-5-20(14-16(21)19-18(2,3)4)17(22)13-9-12-15-10-7-6-8-11-15/h15H,5-14H2,1-4H3,(H,19,21). The molecule has 2 amide bonds. The first kappa shape index (κ1) is 19.0. The van der Waals surface area contributed by atoms with Gasteiger partial charge in [0, 0.05) is 18.5 Å². The lowest BCUT2D eigenvalue weighted by Gasteiger charge is -2.25. The van der Waals surface area contributed by atoms with E-state index in [1.807, 2.05) is 27.7 Å². The van der Waals surface area contributed by atoms with Gasteiger partial charge in [0.1, 0.15) is 0 Å². The van der Waals surface area contributed by atoms with Crippen LogP contribution >= 0.6 is 0 Å². The quantitative estimate of drug-likeness (QED) is 0.782. The topological polar surface area (TPSA) is 49.4 Å². The molecule has 22 heavy (non-hydrogen) atoms. The molecule has 0 aromatic rings. The second kappa shape index (κ2) is 9.16. The highest BCUT2D eigenvalue weighted by Crippen LogP contribution is 2.27. The molecule has 0 aliphatic heterocycles. The molecule has 0 spiro atoms. The number of hydrogen-bond acceptors (Lipinski definition) is 2. The van der Waals surface area contributed by atoms with E-state index in [2.05, 4.69) is 5.32 Å². The van der Waals surface area contributed by atoms with Gasteiger partial charge in [-0.05, 0) is 46.5 Å². The van der Waals surface area contributed by atoms with Gasteiger partial charge in [-0.1, -0.05) is 32.1 Å². The number of hydrogen-bond donors (Lipinski definition) is 1. The third-order valence-corrected chi connectivity index (χ3v) is 4.31. The van der Waals surface area contributed by atoms with Gasteiger partial charge in [-0.3, -0.25) is 9.59 Å². The van der Waals surface area contributed by atoms with Crippen molar-refractivity contribution in [3.63, 3.8) is 0 Å². The fraction of sp³-hybridized carbons (Fsp3) is 0.889. The lowest BCUT2D eigenvalue weighted by atomic mass is 9.86. The molecule has 1 saturated carbocycles. The van der Waals surface area contributed by atoms with Crippen LogP contribution in [-0.4, -0.2) is 35.3 Å². The Morgan fingerprint density at radius 1 is 1.14 bits per heavy atom. The summed E-state index contributed by atoms with van der Waals surface area (Å²) in [5.74, 6) is 0.859. The van der Waals surface area contributed by atoms with Gasteiger partial charge < -0.3 is 10.2 Å². The summed E-state index contributed by atoms with van der Waals surface area (Å²) in [6.45, 7) is 8.56. The van der Waals surface area contributed by atoms with Crippen LogP contribution in [0, 0.1) is 5.92 Å². The van der Waals surface area contributed by atoms with Crippen LogP contribution < -0.4 is 5.32 Å².